The first kappa shape index (κ1) is 22.5. The molecule has 1 unspecified atom stereocenters. The fourth-order valence-corrected chi connectivity index (χ4v) is 3.58. The van der Waals surface area contributed by atoms with Crippen LogP contribution in [-0.4, -0.2) is 41.7 Å². The van der Waals surface area contributed by atoms with Crippen LogP contribution in [-0.2, 0) is 9.53 Å². The fourth-order valence-electron chi connectivity index (χ4n) is 3.58. The van der Waals surface area contributed by atoms with Crippen molar-refractivity contribution in [3.05, 3.63) is 101 Å². The monoisotopic (exact) mass is 452 g/mol. The molecule has 3 aromatic carbocycles. The van der Waals surface area contributed by atoms with Gasteiger partial charge < -0.3 is 10.1 Å². The molecule has 7 heteroatoms. The Labute approximate surface area is 196 Å². The molecule has 168 valence electrons. The first-order valence-corrected chi connectivity index (χ1v) is 10.5. The maximum atomic E-state index is 12.8. The number of nitrogens with one attached hydrogen (secondary N) is 1. The summed E-state index contributed by atoms with van der Waals surface area (Å²) in [7, 11) is 1.32. The van der Waals surface area contributed by atoms with Crippen molar-refractivity contribution < 1.29 is 23.9 Å². The molecule has 0 aliphatic carbocycles. The van der Waals surface area contributed by atoms with E-state index < -0.39 is 29.7 Å². The molecule has 1 aliphatic rings. The van der Waals surface area contributed by atoms with Crippen LogP contribution in [0.1, 0.15) is 49.1 Å². The van der Waals surface area contributed by atoms with E-state index >= 15 is 0 Å². The van der Waals surface area contributed by atoms with Crippen LogP contribution in [0.25, 0.3) is 0 Å². The van der Waals surface area contributed by atoms with Crippen LogP contribution >= 0.6 is 0 Å². The summed E-state index contributed by atoms with van der Waals surface area (Å²) < 4.78 is 4.72. The lowest BCUT2D eigenvalue weighted by atomic mass is 10.1. The lowest BCUT2D eigenvalue weighted by Gasteiger charge is -2.21. The summed E-state index contributed by atoms with van der Waals surface area (Å²) in [6.45, 7) is 1.51. The molecule has 34 heavy (non-hydrogen) atoms. The van der Waals surface area contributed by atoms with Crippen molar-refractivity contribution in [3.63, 3.8) is 0 Å². The normalized spacial score (nSPS) is 12.9. The van der Waals surface area contributed by atoms with E-state index in [4.69, 9.17) is 4.74 Å². The second-order valence-corrected chi connectivity index (χ2v) is 7.59. The minimum atomic E-state index is -0.997. The van der Waals surface area contributed by atoms with Crippen LogP contribution in [0.3, 0.4) is 0 Å². The number of hydrogen-bond donors (Lipinski definition) is 1. The predicted octanol–water partition coefficient (Wildman–Crippen LogP) is 3.50. The first-order chi connectivity index (χ1) is 16.4. The highest BCUT2D eigenvalue weighted by Gasteiger charge is 2.40. The minimum absolute atomic E-state index is 0.292. The molecule has 7 nitrogen and oxygen atoms in total. The van der Waals surface area contributed by atoms with Gasteiger partial charge in [0.05, 0.1) is 23.8 Å². The van der Waals surface area contributed by atoms with Gasteiger partial charge in [0, 0.05) is 16.8 Å². The van der Waals surface area contributed by atoms with Gasteiger partial charge in [0.25, 0.3) is 11.8 Å². The van der Waals surface area contributed by atoms with Gasteiger partial charge in [-0.1, -0.05) is 36.1 Å². The number of esters is 1. The second kappa shape index (κ2) is 9.43. The number of methoxy groups -OCH3 is 1. The second-order valence-electron chi connectivity index (χ2n) is 7.59. The molecule has 4 rings (SSSR count). The molecule has 3 amide bonds. The smallest absolute Gasteiger partial charge is 0.337 e. The Kier molecular flexibility index (Phi) is 6.24. The molecule has 0 radical (unpaired) electrons. The highest BCUT2D eigenvalue weighted by molar-refractivity contribution is 6.23. The Bertz CT molecular complexity index is 1350. The van der Waals surface area contributed by atoms with E-state index in [0.717, 1.165) is 4.90 Å². The van der Waals surface area contributed by atoms with Gasteiger partial charge in [-0.3, -0.25) is 19.3 Å². The third-order valence-electron chi connectivity index (χ3n) is 5.36. The van der Waals surface area contributed by atoms with Gasteiger partial charge in [0.1, 0.15) is 6.04 Å². The summed E-state index contributed by atoms with van der Waals surface area (Å²) in [5, 5.41) is 2.74. The van der Waals surface area contributed by atoms with Crippen molar-refractivity contribution in [2.45, 2.75) is 13.0 Å². The van der Waals surface area contributed by atoms with Crippen molar-refractivity contribution >= 4 is 29.4 Å². The maximum absolute atomic E-state index is 12.8. The number of carbonyl (C=O) groups excluding carboxylic acids is 4. The molecular formula is C27H20N2O5. The van der Waals surface area contributed by atoms with E-state index in [-0.39, 0.29) is 0 Å². The van der Waals surface area contributed by atoms with E-state index in [0.29, 0.717) is 33.5 Å². The fraction of sp³-hybridized carbons (Fsp3) is 0.111. The molecule has 0 aromatic heterocycles. The van der Waals surface area contributed by atoms with Crippen LogP contribution in [0.15, 0.2) is 72.8 Å². The van der Waals surface area contributed by atoms with Gasteiger partial charge in [-0.15, -0.1) is 0 Å². The Balaban J connectivity index is 1.48. The maximum Gasteiger partial charge on any atom is 0.337 e. The minimum Gasteiger partial charge on any atom is -0.465 e. The van der Waals surface area contributed by atoms with Gasteiger partial charge in [0.15, 0.2) is 0 Å². The number of amides is 3. The average Bonchev–Trinajstić information content (AvgIpc) is 3.12. The molecule has 0 bridgehead atoms. The molecule has 1 N–H and O–H groups in total. The number of carbonyl (C=O) groups is 4. The van der Waals surface area contributed by atoms with E-state index in [2.05, 4.69) is 17.2 Å². The molecule has 1 aliphatic heterocycles. The third kappa shape index (κ3) is 4.43. The van der Waals surface area contributed by atoms with Crippen LogP contribution in [0.4, 0.5) is 5.69 Å². The summed E-state index contributed by atoms with van der Waals surface area (Å²) in [6, 6.07) is 19.2. The van der Waals surface area contributed by atoms with Gasteiger partial charge in [0.2, 0.25) is 5.91 Å². The van der Waals surface area contributed by atoms with Gasteiger partial charge >= 0.3 is 5.97 Å². The standard InChI is InChI=1S/C27H20N2O5/c1-17(29-25(31)22-11-3-4-12-23(22)26(29)32)24(30)28-21-10-6-8-19(16-21)14-13-18-7-5-9-20(15-18)27(33)34-2/h3-12,15-17H,1-2H3,(H,28,30). The number of nitrogens with zero attached hydrogens (tertiary/aromatic N) is 1. The molecule has 0 saturated carbocycles. The summed E-state index contributed by atoms with van der Waals surface area (Å²) in [5.41, 5.74) is 2.73. The SMILES string of the molecule is COC(=O)c1cccc(C#Cc2cccc(NC(=O)C(C)N3C(=O)c4ccccc4C3=O)c2)c1. The summed E-state index contributed by atoms with van der Waals surface area (Å²) in [5.74, 6) is 4.06. The Hall–Kier alpha value is -4.70. The topological polar surface area (TPSA) is 92.8 Å². The van der Waals surface area contributed by atoms with Crippen LogP contribution in [0.5, 0.6) is 0 Å². The van der Waals surface area contributed by atoms with Crippen molar-refractivity contribution in [2.75, 3.05) is 12.4 Å². The molecule has 0 spiro atoms. The van der Waals surface area contributed by atoms with Gasteiger partial charge in [-0.25, -0.2) is 4.79 Å². The summed E-state index contributed by atoms with van der Waals surface area (Å²) in [6.07, 6.45) is 0. The first-order valence-electron chi connectivity index (χ1n) is 10.5. The highest BCUT2D eigenvalue weighted by Crippen LogP contribution is 2.25. The number of benzene rings is 3. The van der Waals surface area contributed by atoms with E-state index in [1.807, 2.05) is 0 Å². The molecule has 0 saturated heterocycles. The van der Waals surface area contributed by atoms with Crippen molar-refractivity contribution in [1.82, 2.24) is 4.90 Å². The Morgan fingerprint density at radius 1 is 0.853 bits per heavy atom. The van der Waals surface area contributed by atoms with Crippen molar-refractivity contribution in [3.8, 4) is 11.8 Å². The average molecular weight is 452 g/mol. The number of fused-ring (bicyclic) bond motifs is 1. The molecule has 1 heterocycles. The zero-order chi connectivity index (χ0) is 24.2. The molecule has 1 atom stereocenters. The number of ether oxygens (including phenoxy) is 1. The lowest BCUT2D eigenvalue weighted by Crippen LogP contribution is -2.45. The zero-order valence-electron chi connectivity index (χ0n) is 18.5. The lowest BCUT2D eigenvalue weighted by molar-refractivity contribution is -0.119. The molecule has 3 aromatic rings. The predicted molar refractivity (Wildman–Crippen MR) is 125 cm³/mol. The van der Waals surface area contributed by atoms with Crippen LogP contribution in [0.2, 0.25) is 0 Å². The van der Waals surface area contributed by atoms with Gasteiger partial charge in [-0.2, -0.15) is 0 Å². The zero-order valence-corrected chi connectivity index (χ0v) is 18.5. The summed E-state index contributed by atoms with van der Waals surface area (Å²) in [4.78, 5) is 50.8. The number of imide groups is 1. The Morgan fingerprint density at radius 2 is 1.44 bits per heavy atom. The summed E-state index contributed by atoms with van der Waals surface area (Å²) >= 11 is 0. The van der Waals surface area contributed by atoms with E-state index in [9.17, 15) is 19.2 Å². The number of rotatable bonds is 4. The van der Waals surface area contributed by atoms with Crippen molar-refractivity contribution in [1.29, 1.82) is 0 Å². The van der Waals surface area contributed by atoms with E-state index in [1.54, 1.807) is 72.8 Å². The van der Waals surface area contributed by atoms with E-state index in [1.165, 1.54) is 14.0 Å². The molecule has 0 fully saturated rings. The Morgan fingerprint density at radius 3 is 2.06 bits per heavy atom. The van der Waals surface area contributed by atoms with Gasteiger partial charge in [-0.05, 0) is 55.5 Å². The number of anilines is 1. The number of hydrogen-bond acceptors (Lipinski definition) is 5. The quantitative estimate of drug-likeness (QED) is 0.372. The third-order valence-corrected chi connectivity index (χ3v) is 5.36. The highest BCUT2D eigenvalue weighted by atomic mass is 16.5. The van der Waals surface area contributed by atoms with Crippen LogP contribution < -0.4 is 5.32 Å². The van der Waals surface area contributed by atoms with Crippen LogP contribution in [0, 0.1) is 11.8 Å². The molecular weight excluding hydrogens is 432 g/mol. The van der Waals surface area contributed by atoms with Crippen molar-refractivity contribution in [2.24, 2.45) is 0 Å². The largest absolute Gasteiger partial charge is 0.465 e.